The van der Waals surface area contributed by atoms with Crippen LogP contribution in [0.5, 0.6) is 0 Å². The van der Waals surface area contributed by atoms with Crippen molar-refractivity contribution in [1.29, 1.82) is 0 Å². The number of rotatable bonds is 2. The monoisotopic (exact) mass is 326 g/mol. The van der Waals surface area contributed by atoms with Crippen molar-refractivity contribution < 1.29 is 0 Å². The first-order valence-electron chi connectivity index (χ1n) is 4.36. The van der Waals surface area contributed by atoms with Gasteiger partial charge in [-0.1, -0.05) is 47.2 Å². The highest BCUT2D eigenvalue weighted by atomic mass is 79.9. The van der Waals surface area contributed by atoms with Gasteiger partial charge in [-0.3, -0.25) is 0 Å². The third-order valence-electron chi connectivity index (χ3n) is 2.69. The van der Waals surface area contributed by atoms with Crippen molar-refractivity contribution in [2.24, 2.45) is 0 Å². The molecule has 1 aliphatic rings. The SMILES string of the molecule is CCC1(S(C)(C)Br)C=CC=CC1Br. The Labute approximate surface area is 98.5 Å². The third-order valence-corrected chi connectivity index (χ3v) is 8.41. The van der Waals surface area contributed by atoms with Gasteiger partial charge in [0.25, 0.3) is 0 Å². The van der Waals surface area contributed by atoms with Gasteiger partial charge in [-0.2, -0.15) is 8.46 Å². The van der Waals surface area contributed by atoms with E-state index in [-0.39, 0.29) is 4.75 Å². The summed E-state index contributed by atoms with van der Waals surface area (Å²) in [5, 5.41) is 0. The predicted molar refractivity (Wildman–Crippen MR) is 72.4 cm³/mol. The average molecular weight is 328 g/mol. The molecule has 13 heavy (non-hydrogen) atoms. The lowest BCUT2D eigenvalue weighted by molar-refractivity contribution is 0.703. The van der Waals surface area contributed by atoms with E-state index in [1.54, 1.807) is 0 Å². The zero-order valence-corrected chi connectivity index (χ0v) is 12.2. The van der Waals surface area contributed by atoms with Crippen molar-refractivity contribution >= 4 is 39.2 Å². The van der Waals surface area contributed by atoms with Gasteiger partial charge >= 0.3 is 0 Å². The van der Waals surface area contributed by atoms with Crippen molar-refractivity contribution in [3.05, 3.63) is 24.3 Å². The van der Waals surface area contributed by atoms with Crippen LogP contribution in [-0.2, 0) is 0 Å². The average Bonchev–Trinajstić information content (AvgIpc) is 2.03. The van der Waals surface area contributed by atoms with E-state index in [4.69, 9.17) is 0 Å². The Hall–Kier alpha value is 0.790. The molecule has 0 aromatic carbocycles. The summed E-state index contributed by atoms with van der Waals surface area (Å²) in [6, 6.07) is 0. The second kappa shape index (κ2) is 4.11. The predicted octanol–water partition coefficient (Wildman–Crippen LogP) is 4.40. The summed E-state index contributed by atoms with van der Waals surface area (Å²) >= 11 is 7.63. The second-order valence-electron chi connectivity index (χ2n) is 3.66. The van der Waals surface area contributed by atoms with Crippen molar-refractivity contribution in [3.63, 3.8) is 0 Å². The first-order valence-corrected chi connectivity index (χ1v) is 9.57. The van der Waals surface area contributed by atoms with Gasteiger partial charge in [0, 0.05) is 4.75 Å². The van der Waals surface area contributed by atoms with Crippen molar-refractivity contribution in [3.8, 4) is 0 Å². The van der Waals surface area contributed by atoms with Crippen LogP contribution >= 0.6 is 39.2 Å². The smallest absolute Gasteiger partial charge is 0.0503 e. The molecule has 2 unspecified atom stereocenters. The van der Waals surface area contributed by atoms with E-state index in [1.807, 2.05) is 0 Å². The minimum absolute atomic E-state index is 0.266. The largest absolute Gasteiger partial charge is 0.178 e. The maximum absolute atomic E-state index is 3.87. The number of halogens is 2. The van der Waals surface area contributed by atoms with Gasteiger partial charge in [0.15, 0.2) is 0 Å². The van der Waals surface area contributed by atoms with E-state index >= 15 is 0 Å². The number of allylic oxidation sites excluding steroid dienone is 3. The maximum Gasteiger partial charge on any atom is 0.0503 e. The molecule has 76 valence electrons. The van der Waals surface area contributed by atoms with Crippen LogP contribution in [0.15, 0.2) is 24.3 Å². The van der Waals surface area contributed by atoms with E-state index in [0.29, 0.717) is 4.83 Å². The molecule has 0 fully saturated rings. The Kier molecular flexibility index (Phi) is 3.75. The molecule has 0 bridgehead atoms. The van der Waals surface area contributed by atoms with Crippen molar-refractivity contribution in [1.82, 2.24) is 0 Å². The summed E-state index contributed by atoms with van der Waals surface area (Å²) in [5.41, 5.74) is 0. The van der Waals surface area contributed by atoms with Gasteiger partial charge < -0.3 is 0 Å². The van der Waals surface area contributed by atoms with Gasteiger partial charge in [-0.05, 0) is 33.7 Å². The molecule has 0 N–H and O–H groups in total. The zero-order chi connectivity index (χ0) is 10.1. The molecule has 0 spiro atoms. The molecule has 0 radical (unpaired) electrons. The Balaban J connectivity index is 3.06. The van der Waals surface area contributed by atoms with E-state index < -0.39 is 8.46 Å². The Morgan fingerprint density at radius 3 is 2.31 bits per heavy atom. The fraction of sp³-hybridized carbons (Fsp3) is 0.600. The Morgan fingerprint density at radius 1 is 1.38 bits per heavy atom. The minimum Gasteiger partial charge on any atom is -0.178 e. The number of hydrogen-bond donors (Lipinski definition) is 0. The van der Waals surface area contributed by atoms with Gasteiger partial charge in [-0.15, -0.1) is 0 Å². The van der Waals surface area contributed by atoms with E-state index in [2.05, 4.69) is 74.5 Å². The van der Waals surface area contributed by atoms with Crippen LogP contribution in [0.25, 0.3) is 0 Å². The summed E-state index contributed by atoms with van der Waals surface area (Å²) in [6.45, 7) is 2.26. The lowest BCUT2D eigenvalue weighted by Crippen LogP contribution is -2.38. The van der Waals surface area contributed by atoms with Crippen LogP contribution in [-0.4, -0.2) is 22.1 Å². The van der Waals surface area contributed by atoms with E-state index in [0.717, 1.165) is 6.42 Å². The molecule has 0 heterocycles. The molecule has 0 saturated carbocycles. The molecule has 0 nitrogen and oxygen atoms in total. The molecule has 0 aromatic heterocycles. The van der Waals surface area contributed by atoms with Crippen LogP contribution in [0.3, 0.4) is 0 Å². The van der Waals surface area contributed by atoms with Gasteiger partial charge in [0.05, 0.1) is 4.83 Å². The van der Waals surface area contributed by atoms with Gasteiger partial charge in [0.1, 0.15) is 0 Å². The molecule has 3 heteroatoms. The van der Waals surface area contributed by atoms with E-state index in [1.165, 1.54) is 0 Å². The summed E-state index contributed by atoms with van der Waals surface area (Å²) in [7, 11) is -0.759. The van der Waals surface area contributed by atoms with Crippen LogP contribution in [0.2, 0.25) is 0 Å². The van der Waals surface area contributed by atoms with E-state index in [9.17, 15) is 0 Å². The molecule has 1 aliphatic carbocycles. The second-order valence-corrected chi connectivity index (χ2v) is 12.7. The third kappa shape index (κ3) is 2.07. The normalized spacial score (nSPS) is 35.0. The Bertz CT molecular complexity index is 240. The highest BCUT2D eigenvalue weighted by molar-refractivity contribution is 9.58. The van der Waals surface area contributed by atoms with Gasteiger partial charge in [0.2, 0.25) is 0 Å². The quantitative estimate of drug-likeness (QED) is 0.659. The van der Waals surface area contributed by atoms with Gasteiger partial charge in [-0.25, -0.2) is 0 Å². The first-order chi connectivity index (χ1) is 5.94. The summed E-state index contributed by atoms with van der Waals surface area (Å²) in [5.74, 6) is 0. The molecular formula is C10H16Br2S. The first kappa shape index (κ1) is 11.9. The molecule has 1 rings (SSSR count). The zero-order valence-electron chi connectivity index (χ0n) is 8.26. The molecule has 2 atom stereocenters. The highest BCUT2D eigenvalue weighted by Crippen LogP contribution is 2.65. The summed E-state index contributed by atoms with van der Waals surface area (Å²) in [6.07, 6.45) is 14.7. The fourth-order valence-corrected chi connectivity index (χ4v) is 7.84. The lowest BCUT2D eigenvalue weighted by Gasteiger charge is -2.48. The molecule has 0 amide bonds. The number of hydrogen-bond acceptors (Lipinski definition) is 0. The van der Waals surface area contributed by atoms with Crippen LogP contribution in [0.4, 0.5) is 0 Å². The van der Waals surface area contributed by atoms with Crippen molar-refractivity contribution in [2.45, 2.75) is 22.9 Å². The Morgan fingerprint density at radius 2 is 2.00 bits per heavy atom. The minimum atomic E-state index is -0.759. The molecule has 0 saturated heterocycles. The van der Waals surface area contributed by atoms with Crippen LogP contribution in [0, 0.1) is 0 Å². The lowest BCUT2D eigenvalue weighted by atomic mass is 9.97. The number of alkyl halides is 1. The molecular weight excluding hydrogens is 312 g/mol. The van der Waals surface area contributed by atoms with Crippen molar-refractivity contribution in [2.75, 3.05) is 12.5 Å². The fourth-order valence-electron chi connectivity index (χ4n) is 1.72. The highest BCUT2D eigenvalue weighted by Gasteiger charge is 2.41. The standard InChI is InChI=1S/C10H16Br2S/c1-4-10(13(2,3)12)8-6-5-7-9(10)11/h5-9H,4H2,1-3H3. The molecule has 0 aliphatic heterocycles. The van der Waals surface area contributed by atoms with Crippen LogP contribution in [0.1, 0.15) is 13.3 Å². The summed E-state index contributed by atoms with van der Waals surface area (Å²) in [4.78, 5) is 0.458. The summed E-state index contributed by atoms with van der Waals surface area (Å²) < 4.78 is 0.266. The van der Waals surface area contributed by atoms with Crippen LogP contribution < -0.4 is 0 Å². The topological polar surface area (TPSA) is 0 Å². The maximum atomic E-state index is 3.87. The molecule has 0 aromatic rings.